The van der Waals surface area contributed by atoms with Gasteiger partial charge >= 0.3 is 6.18 Å². The van der Waals surface area contributed by atoms with Gasteiger partial charge in [0.2, 0.25) is 11.8 Å². The van der Waals surface area contributed by atoms with Gasteiger partial charge in [0.1, 0.15) is 0 Å². The number of alkyl halides is 3. The molecule has 2 heterocycles. The van der Waals surface area contributed by atoms with Gasteiger partial charge in [-0.05, 0) is 59.2 Å². The van der Waals surface area contributed by atoms with Crippen LogP contribution in [0.5, 0.6) is 0 Å². The van der Waals surface area contributed by atoms with Gasteiger partial charge in [0.15, 0.2) is 0 Å². The van der Waals surface area contributed by atoms with Gasteiger partial charge in [0.05, 0.1) is 11.6 Å². The van der Waals surface area contributed by atoms with Crippen LogP contribution >= 0.6 is 11.3 Å². The van der Waals surface area contributed by atoms with Crippen molar-refractivity contribution in [3.63, 3.8) is 0 Å². The number of carbonyl (C=O) groups is 2. The molecule has 34 heavy (non-hydrogen) atoms. The normalized spacial score (nSPS) is 15.6. The zero-order chi connectivity index (χ0) is 24.3. The van der Waals surface area contributed by atoms with Crippen LogP contribution in [0.3, 0.4) is 0 Å². The third-order valence-electron chi connectivity index (χ3n) is 6.08. The van der Waals surface area contributed by atoms with Crippen molar-refractivity contribution in [2.75, 3.05) is 6.54 Å². The van der Waals surface area contributed by atoms with E-state index in [0.29, 0.717) is 12.1 Å². The molecule has 4 rings (SSSR count). The molecule has 0 fully saturated rings. The molecule has 1 unspecified atom stereocenters. The Hall–Kier alpha value is -3.13. The first-order chi connectivity index (χ1) is 16.2. The number of aryl methyl sites for hydroxylation is 1. The Morgan fingerprint density at radius 1 is 1.09 bits per heavy atom. The molecule has 3 aromatic rings. The van der Waals surface area contributed by atoms with Crippen molar-refractivity contribution in [2.24, 2.45) is 0 Å². The summed E-state index contributed by atoms with van der Waals surface area (Å²) < 4.78 is 38.6. The maximum atomic E-state index is 13.2. The topological polar surface area (TPSA) is 49.4 Å². The lowest BCUT2D eigenvalue weighted by molar-refractivity contribution is -0.137. The van der Waals surface area contributed by atoms with Crippen LogP contribution in [0.2, 0.25) is 0 Å². The van der Waals surface area contributed by atoms with Crippen LogP contribution < -0.4 is 5.32 Å². The highest BCUT2D eigenvalue weighted by molar-refractivity contribution is 7.10. The summed E-state index contributed by atoms with van der Waals surface area (Å²) in [6.45, 7) is 2.58. The van der Waals surface area contributed by atoms with Gasteiger partial charge in [-0.1, -0.05) is 36.4 Å². The summed E-state index contributed by atoms with van der Waals surface area (Å²) >= 11 is 1.64. The number of carbonyl (C=O) groups excluding carboxylic acids is 2. The molecule has 2 aromatic carbocycles. The van der Waals surface area contributed by atoms with Gasteiger partial charge < -0.3 is 10.2 Å². The number of nitrogens with zero attached hydrogens (tertiary/aromatic N) is 1. The van der Waals surface area contributed by atoms with E-state index in [1.165, 1.54) is 17.7 Å². The van der Waals surface area contributed by atoms with E-state index in [2.05, 4.69) is 11.4 Å². The molecule has 4 nitrogen and oxygen atoms in total. The summed E-state index contributed by atoms with van der Waals surface area (Å²) in [5.74, 6) is -0.478. The fraction of sp³-hybridized carbons (Fsp3) is 0.308. The first-order valence-corrected chi connectivity index (χ1v) is 12.0. The zero-order valence-corrected chi connectivity index (χ0v) is 19.5. The molecule has 178 valence electrons. The number of amides is 2. The second-order valence-corrected chi connectivity index (χ2v) is 9.33. The van der Waals surface area contributed by atoms with Crippen LogP contribution in [0.1, 0.15) is 51.6 Å². The van der Waals surface area contributed by atoms with Crippen molar-refractivity contribution in [1.82, 2.24) is 10.2 Å². The van der Waals surface area contributed by atoms with Crippen LogP contribution in [0.25, 0.3) is 0 Å². The standard InChI is InChI=1S/C26H25F3N2O2S/c1-17-5-2-3-8-21(17)24-25-19(12-14-34-25)11-13-31(24)23(33)10-9-22(32)30-16-18-6-4-7-20(15-18)26(27,28)29/h2-8,12,14-15,24H,9-11,13,16H2,1H3,(H,30,32). The van der Waals surface area contributed by atoms with Gasteiger partial charge in [-0.25, -0.2) is 0 Å². The summed E-state index contributed by atoms with van der Waals surface area (Å²) in [4.78, 5) is 28.5. The summed E-state index contributed by atoms with van der Waals surface area (Å²) in [7, 11) is 0. The molecule has 0 saturated carbocycles. The fourth-order valence-corrected chi connectivity index (χ4v) is 5.37. The highest BCUT2D eigenvalue weighted by Crippen LogP contribution is 2.40. The minimum absolute atomic E-state index is 0.0217. The average molecular weight is 487 g/mol. The molecule has 0 bridgehead atoms. The van der Waals surface area contributed by atoms with Gasteiger partial charge in [-0.2, -0.15) is 13.2 Å². The molecule has 0 saturated heterocycles. The van der Waals surface area contributed by atoms with Crippen molar-refractivity contribution in [1.29, 1.82) is 0 Å². The van der Waals surface area contributed by atoms with Gasteiger partial charge in [0.25, 0.3) is 0 Å². The van der Waals surface area contributed by atoms with E-state index < -0.39 is 11.7 Å². The van der Waals surface area contributed by atoms with Gasteiger partial charge in [-0.3, -0.25) is 9.59 Å². The summed E-state index contributed by atoms with van der Waals surface area (Å²) in [6, 6.07) is 14.8. The molecule has 1 atom stereocenters. The average Bonchev–Trinajstić information content (AvgIpc) is 3.30. The lowest BCUT2D eigenvalue weighted by Gasteiger charge is -2.37. The minimum atomic E-state index is -4.43. The van der Waals surface area contributed by atoms with Crippen molar-refractivity contribution >= 4 is 23.2 Å². The lowest BCUT2D eigenvalue weighted by Crippen LogP contribution is -2.40. The molecule has 1 N–H and O–H groups in total. The molecule has 1 aliphatic rings. The first kappa shape index (κ1) is 24.0. The van der Waals surface area contributed by atoms with Gasteiger partial charge in [0, 0.05) is 30.8 Å². The van der Waals surface area contributed by atoms with Gasteiger partial charge in [-0.15, -0.1) is 11.3 Å². The van der Waals surface area contributed by atoms with E-state index in [4.69, 9.17) is 0 Å². The van der Waals surface area contributed by atoms with Crippen LogP contribution in [0, 0.1) is 6.92 Å². The number of nitrogens with one attached hydrogen (secondary N) is 1. The maximum absolute atomic E-state index is 13.2. The second kappa shape index (κ2) is 10.0. The summed E-state index contributed by atoms with van der Waals surface area (Å²) in [6.07, 6.45) is -3.64. The van der Waals surface area contributed by atoms with E-state index in [9.17, 15) is 22.8 Å². The van der Waals surface area contributed by atoms with E-state index in [1.807, 2.05) is 41.5 Å². The highest BCUT2D eigenvalue weighted by atomic mass is 32.1. The summed E-state index contributed by atoms with van der Waals surface area (Å²) in [5, 5.41) is 4.67. The molecule has 0 aliphatic carbocycles. The Bertz CT molecular complexity index is 1190. The summed E-state index contributed by atoms with van der Waals surface area (Å²) in [5.41, 5.74) is 3.03. The predicted octanol–water partition coefficient (Wildman–Crippen LogP) is 5.65. The smallest absolute Gasteiger partial charge is 0.352 e. The van der Waals surface area contributed by atoms with E-state index in [-0.39, 0.29) is 37.2 Å². The fourth-order valence-electron chi connectivity index (χ4n) is 4.29. The molecule has 1 aliphatic heterocycles. The Morgan fingerprint density at radius 3 is 2.65 bits per heavy atom. The molecule has 1 aromatic heterocycles. The number of rotatable bonds is 6. The van der Waals surface area contributed by atoms with Crippen LogP contribution in [-0.2, 0) is 28.7 Å². The number of hydrogen-bond donors (Lipinski definition) is 1. The third kappa shape index (κ3) is 5.33. The lowest BCUT2D eigenvalue weighted by atomic mass is 9.92. The Labute approximate surface area is 200 Å². The van der Waals surface area contributed by atoms with Crippen molar-refractivity contribution in [2.45, 2.75) is 44.9 Å². The molecule has 0 radical (unpaired) electrons. The molecule has 2 amide bonds. The van der Waals surface area contributed by atoms with Crippen LogP contribution in [0.4, 0.5) is 13.2 Å². The minimum Gasteiger partial charge on any atom is -0.352 e. The largest absolute Gasteiger partial charge is 0.416 e. The number of hydrogen-bond acceptors (Lipinski definition) is 3. The Balaban J connectivity index is 1.39. The van der Waals surface area contributed by atoms with E-state index in [0.717, 1.165) is 34.6 Å². The monoisotopic (exact) mass is 486 g/mol. The quantitative estimate of drug-likeness (QED) is 0.490. The Morgan fingerprint density at radius 2 is 1.88 bits per heavy atom. The molecule has 8 heteroatoms. The zero-order valence-electron chi connectivity index (χ0n) is 18.7. The first-order valence-electron chi connectivity index (χ1n) is 11.1. The maximum Gasteiger partial charge on any atom is 0.416 e. The number of fused-ring (bicyclic) bond motifs is 1. The Kier molecular flexibility index (Phi) is 7.07. The van der Waals surface area contributed by atoms with Crippen molar-refractivity contribution in [3.8, 4) is 0 Å². The molecular formula is C26H25F3N2O2S. The number of thiophene rings is 1. The van der Waals surface area contributed by atoms with Crippen LogP contribution in [0.15, 0.2) is 60.0 Å². The van der Waals surface area contributed by atoms with Crippen molar-refractivity contribution < 1.29 is 22.8 Å². The van der Waals surface area contributed by atoms with E-state index >= 15 is 0 Å². The second-order valence-electron chi connectivity index (χ2n) is 8.38. The van der Waals surface area contributed by atoms with Crippen molar-refractivity contribution in [3.05, 3.63) is 92.7 Å². The predicted molar refractivity (Wildman–Crippen MR) is 125 cm³/mol. The molecule has 0 spiro atoms. The van der Waals surface area contributed by atoms with E-state index in [1.54, 1.807) is 11.3 Å². The van der Waals surface area contributed by atoms with Crippen LogP contribution in [-0.4, -0.2) is 23.3 Å². The third-order valence-corrected chi connectivity index (χ3v) is 7.09. The number of benzene rings is 2. The highest BCUT2D eigenvalue weighted by Gasteiger charge is 2.34. The SMILES string of the molecule is Cc1ccccc1C1c2sccc2CCN1C(=O)CCC(=O)NCc1cccc(C(F)(F)F)c1. The molecular weight excluding hydrogens is 461 g/mol. The number of halogens is 3.